The Kier molecular flexibility index (Phi) is 7.66. The van der Waals surface area contributed by atoms with E-state index in [1.807, 2.05) is 0 Å². The highest BCUT2D eigenvalue weighted by molar-refractivity contribution is 5.94. The van der Waals surface area contributed by atoms with Crippen LogP contribution in [-0.2, 0) is 6.54 Å². The highest BCUT2D eigenvalue weighted by Crippen LogP contribution is 2.35. The lowest BCUT2D eigenvalue weighted by Gasteiger charge is -2.48. The number of amides is 1. The molecule has 1 saturated carbocycles. The Balaban J connectivity index is 0.00000225. The van der Waals surface area contributed by atoms with Gasteiger partial charge in [-0.25, -0.2) is 0 Å². The van der Waals surface area contributed by atoms with Crippen LogP contribution < -0.4 is 11.1 Å². The number of aromatic nitrogens is 1. The summed E-state index contributed by atoms with van der Waals surface area (Å²) in [5.41, 5.74) is 7.21. The summed E-state index contributed by atoms with van der Waals surface area (Å²) < 4.78 is 0. The maximum atomic E-state index is 12.6. The predicted octanol–water partition coefficient (Wildman–Crippen LogP) is 2.88. The van der Waals surface area contributed by atoms with E-state index in [0.717, 1.165) is 12.2 Å². The minimum atomic E-state index is -0.00550. The maximum Gasteiger partial charge on any atom is 0.251 e. The number of rotatable bonds is 5. The van der Waals surface area contributed by atoms with Gasteiger partial charge in [-0.1, -0.05) is 25.7 Å². The molecule has 25 heavy (non-hydrogen) atoms. The maximum absolute atomic E-state index is 12.6. The zero-order chi connectivity index (χ0) is 16.8. The molecule has 3 N–H and O–H groups in total. The van der Waals surface area contributed by atoms with E-state index in [9.17, 15) is 4.79 Å². The van der Waals surface area contributed by atoms with Gasteiger partial charge in [-0.05, 0) is 50.9 Å². The first-order chi connectivity index (χ1) is 11.7. The molecule has 3 rings (SSSR count). The second-order valence-electron chi connectivity index (χ2n) is 7.26. The van der Waals surface area contributed by atoms with Crippen LogP contribution in [0, 0.1) is 0 Å². The van der Waals surface area contributed by atoms with E-state index in [2.05, 4.69) is 15.2 Å². The quantitative estimate of drug-likeness (QED) is 0.840. The fourth-order valence-electron chi connectivity index (χ4n) is 4.26. The van der Waals surface area contributed by atoms with Crippen molar-refractivity contribution in [3.8, 4) is 0 Å². The highest BCUT2D eigenvalue weighted by Gasteiger charge is 2.38. The second-order valence-corrected chi connectivity index (χ2v) is 7.26. The number of hydrogen-bond acceptors (Lipinski definition) is 4. The molecule has 2 fully saturated rings. The van der Waals surface area contributed by atoms with Gasteiger partial charge >= 0.3 is 0 Å². The molecule has 2 aliphatic rings. The topological polar surface area (TPSA) is 71.2 Å². The molecule has 5 nitrogen and oxygen atoms in total. The summed E-state index contributed by atoms with van der Waals surface area (Å²) in [5, 5.41) is 3.21. The van der Waals surface area contributed by atoms with E-state index in [1.165, 1.54) is 64.5 Å². The number of pyridine rings is 1. The molecule has 1 aliphatic heterocycles. The van der Waals surface area contributed by atoms with Gasteiger partial charge in [0, 0.05) is 30.4 Å². The normalized spacial score (nSPS) is 20.5. The number of carbonyl (C=O) groups is 1. The van der Waals surface area contributed by atoms with Crippen molar-refractivity contribution in [3.63, 3.8) is 0 Å². The van der Waals surface area contributed by atoms with Gasteiger partial charge in [0.05, 0.1) is 5.69 Å². The molecule has 1 saturated heterocycles. The van der Waals surface area contributed by atoms with Crippen molar-refractivity contribution < 1.29 is 4.79 Å². The van der Waals surface area contributed by atoms with Crippen molar-refractivity contribution in [3.05, 3.63) is 29.6 Å². The lowest BCUT2D eigenvalue weighted by molar-refractivity contribution is 0.0326. The number of piperidine rings is 1. The smallest absolute Gasteiger partial charge is 0.251 e. The van der Waals surface area contributed by atoms with Crippen molar-refractivity contribution in [1.29, 1.82) is 0 Å². The number of likely N-dealkylation sites (tertiary alicyclic amines) is 1. The van der Waals surface area contributed by atoms with Crippen LogP contribution in [0.4, 0.5) is 0 Å². The van der Waals surface area contributed by atoms with Gasteiger partial charge in [0.1, 0.15) is 0 Å². The number of carbonyl (C=O) groups excluding carboxylic acids is 1. The standard InChI is InChI=1S/C19H30N4O.ClH/c20-14-17-13-16(7-10-21-17)18(24)22-15-19(8-3-1-4-9-19)23-11-5-2-6-12-23;/h7,10,13H,1-6,8-9,11-12,14-15,20H2,(H,22,24);1H. The Hall–Kier alpha value is -1.17. The highest BCUT2D eigenvalue weighted by atomic mass is 35.5. The van der Waals surface area contributed by atoms with Crippen LogP contribution in [-0.4, -0.2) is 41.0 Å². The average molecular weight is 367 g/mol. The lowest BCUT2D eigenvalue weighted by atomic mass is 9.79. The number of hydrogen-bond donors (Lipinski definition) is 2. The van der Waals surface area contributed by atoms with Crippen molar-refractivity contribution in [2.45, 2.75) is 63.5 Å². The van der Waals surface area contributed by atoms with E-state index >= 15 is 0 Å². The fraction of sp³-hybridized carbons (Fsp3) is 0.684. The zero-order valence-corrected chi connectivity index (χ0v) is 15.8. The molecule has 2 heterocycles. The number of nitrogens with zero attached hydrogens (tertiary/aromatic N) is 2. The van der Waals surface area contributed by atoms with Crippen LogP contribution in [0.2, 0.25) is 0 Å². The molecule has 0 atom stereocenters. The minimum absolute atomic E-state index is 0. The van der Waals surface area contributed by atoms with E-state index in [-0.39, 0.29) is 23.9 Å². The summed E-state index contributed by atoms with van der Waals surface area (Å²) in [6.45, 7) is 3.48. The predicted molar refractivity (Wildman–Crippen MR) is 103 cm³/mol. The van der Waals surface area contributed by atoms with E-state index in [1.54, 1.807) is 18.3 Å². The van der Waals surface area contributed by atoms with E-state index < -0.39 is 0 Å². The molecule has 0 radical (unpaired) electrons. The van der Waals surface area contributed by atoms with Gasteiger partial charge in [0.2, 0.25) is 0 Å². The van der Waals surface area contributed by atoms with Crippen LogP contribution in [0.15, 0.2) is 18.3 Å². The molecule has 140 valence electrons. The Morgan fingerprint density at radius 3 is 2.52 bits per heavy atom. The number of halogens is 1. The van der Waals surface area contributed by atoms with E-state index in [4.69, 9.17) is 5.73 Å². The van der Waals surface area contributed by atoms with Crippen LogP contribution in [0.1, 0.15) is 67.4 Å². The number of nitrogens with two attached hydrogens (primary N) is 1. The van der Waals surface area contributed by atoms with Crippen molar-refractivity contribution in [1.82, 2.24) is 15.2 Å². The summed E-state index contributed by atoms with van der Waals surface area (Å²) in [6.07, 6.45) is 11.9. The van der Waals surface area contributed by atoms with Crippen LogP contribution >= 0.6 is 12.4 Å². The van der Waals surface area contributed by atoms with Gasteiger partial charge in [-0.3, -0.25) is 14.7 Å². The van der Waals surface area contributed by atoms with Gasteiger partial charge in [-0.2, -0.15) is 0 Å². The third-order valence-corrected chi connectivity index (χ3v) is 5.68. The first-order valence-corrected chi connectivity index (χ1v) is 9.42. The Labute approximate surface area is 157 Å². The Morgan fingerprint density at radius 1 is 1.16 bits per heavy atom. The first-order valence-electron chi connectivity index (χ1n) is 9.42. The molecule has 1 aliphatic carbocycles. The third-order valence-electron chi connectivity index (χ3n) is 5.68. The van der Waals surface area contributed by atoms with Crippen LogP contribution in [0.25, 0.3) is 0 Å². The van der Waals surface area contributed by atoms with Gasteiger partial charge in [0.25, 0.3) is 5.91 Å². The van der Waals surface area contributed by atoms with Crippen molar-refractivity contribution in [2.24, 2.45) is 5.73 Å². The van der Waals surface area contributed by atoms with Crippen molar-refractivity contribution >= 4 is 18.3 Å². The molecule has 0 bridgehead atoms. The molecule has 1 aromatic rings. The summed E-state index contributed by atoms with van der Waals surface area (Å²) in [7, 11) is 0. The Bertz CT molecular complexity index is 554. The summed E-state index contributed by atoms with van der Waals surface area (Å²) >= 11 is 0. The van der Waals surface area contributed by atoms with Crippen molar-refractivity contribution in [2.75, 3.05) is 19.6 Å². The minimum Gasteiger partial charge on any atom is -0.350 e. The third kappa shape index (κ3) is 4.93. The largest absolute Gasteiger partial charge is 0.350 e. The molecule has 0 unspecified atom stereocenters. The molecule has 0 aromatic carbocycles. The first kappa shape index (κ1) is 20.1. The molecule has 0 spiro atoms. The second kappa shape index (κ2) is 9.51. The Morgan fingerprint density at radius 2 is 1.84 bits per heavy atom. The monoisotopic (exact) mass is 366 g/mol. The summed E-state index contributed by atoms with van der Waals surface area (Å²) in [6, 6.07) is 3.56. The van der Waals surface area contributed by atoms with E-state index in [0.29, 0.717) is 12.1 Å². The lowest BCUT2D eigenvalue weighted by Crippen LogP contribution is -2.58. The van der Waals surface area contributed by atoms with Crippen LogP contribution in [0.3, 0.4) is 0 Å². The summed E-state index contributed by atoms with van der Waals surface area (Å²) in [4.78, 5) is 19.4. The molecule has 1 amide bonds. The average Bonchev–Trinajstić information content (AvgIpc) is 2.67. The molecular formula is C19H31ClN4O. The SMILES string of the molecule is Cl.NCc1cc(C(=O)NCC2(N3CCCCC3)CCCCC2)ccn1. The van der Waals surface area contributed by atoms with Crippen LogP contribution in [0.5, 0.6) is 0 Å². The van der Waals surface area contributed by atoms with Gasteiger partial charge < -0.3 is 11.1 Å². The fourth-order valence-corrected chi connectivity index (χ4v) is 4.26. The summed E-state index contributed by atoms with van der Waals surface area (Å²) in [5.74, 6) is -0.00550. The van der Waals surface area contributed by atoms with Gasteiger partial charge in [-0.15, -0.1) is 12.4 Å². The molecular weight excluding hydrogens is 336 g/mol. The molecule has 6 heteroatoms. The number of nitrogens with one attached hydrogen (secondary N) is 1. The zero-order valence-electron chi connectivity index (χ0n) is 15.0. The van der Waals surface area contributed by atoms with Gasteiger partial charge in [0.15, 0.2) is 0 Å². The molecule has 1 aromatic heterocycles.